The van der Waals surface area contributed by atoms with E-state index < -0.39 is 5.41 Å². The molecule has 0 N–H and O–H groups in total. The normalized spacial score (nSPS) is 14.1. The molecular formula is C107H109BN2. The number of nitrogens with zero attached hydrogens (tertiary/aromatic N) is 2. The van der Waals surface area contributed by atoms with Crippen LogP contribution in [0.25, 0.3) is 66.8 Å². The lowest BCUT2D eigenvalue weighted by atomic mass is 9.29. The first kappa shape index (κ1) is 73.7. The van der Waals surface area contributed by atoms with Crippen LogP contribution < -0.4 is 26.2 Å². The molecule has 3 aliphatic heterocycles. The van der Waals surface area contributed by atoms with Crippen LogP contribution in [0.5, 0.6) is 0 Å². The maximum atomic E-state index is 2.80. The van der Waals surface area contributed by atoms with Gasteiger partial charge >= 0.3 is 0 Å². The van der Waals surface area contributed by atoms with Crippen molar-refractivity contribution < 1.29 is 0 Å². The Labute approximate surface area is 658 Å². The summed E-state index contributed by atoms with van der Waals surface area (Å²) in [6.07, 6.45) is 0. The van der Waals surface area contributed by atoms with Gasteiger partial charge in [-0.3, -0.25) is 0 Å². The molecule has 0 aliphatic carbocycles. The van der Waals surface area contributed by atoms with Gasteiger partial charge in [-0.25, -0.2) is 0 Å². The van der Waals surface area contributed by atoms with Crippen LogP contribution in [0, 0.1) is 0 Å². The molecule has 13 aromatic rings. The third-order valence-electron chi connectivity index (χ3n) is 24.1. The first-order valence-electron chi connectivity index (χ1n) is 40.2. The fraction of sp³-hybridized carbons (Fsp3) is 0.271. The minimum Gasteiger partial charge on any atom is -0.310 e. The van der Waals surface area contributed by atoms with Gasteiger partial charge in [0, 0.05) is 28.1 Å². The van der Waals surface area contributed by atoms with Crippen molar-refractivity contribution in [1.29, 1.82) is 0 Å². The van der Waals surface area contributed by atoms with E-state index >= 15 is 0 Å². The van der Waals surface area contributed by atoms with E-state index in [4.69, 9.17) is 0 Å². The molecule has 2 nitrogen and oxygen atoms in total. The van der Waals surface area contributed by atoms with E-state index in [1.54, 1.807) is 0 Å². The zero-order valence-electron chi connectivity index (χ0n) is 69.0. The van der Waals surface area contributed by atoms with E-state index in [2.05, 4.69) is 434 Å². The van der Waals surface area contributed by atoms with Gasteiger partial charge < -0.3 is 9.80 Å². The molecule has 1 spiro atoms. The summed E-state index contributed by atoms with van der Waals surface area (Å²) < 4.78 is 0. The summed E-state index contributed by atoms with van der Waals surface area (Å²) in [6, 6.07) is 110. The Morgan fingerprint density at radius 1 is 0.209 bits per heavy atom. The summed E-state index contributed by atoms with van der Waals surface area (Å²) in [4.78, 5) is 5.40. The summed E-state index contributed by atoms with van der Waals surface area (Å²) in [5, 5.41) is 0. The highest BCUT2D eigenvalue weighted by molar-refractivity contribution is 6.99. The predicted octanol–water partition coefficient (Wildman–Crippen LogP) is 27.5. The SMILES string of the molecule is CC(C)(C)c1cc(-c2ccc3c(c2)B2c4ccc(-c5cc(C(C)(C)C)cc(C(C)(C)C)c5)cc4N(c4c(-c5ccccc5)cc(C(C)(C)C)cc4-c4ccccc4)c4cc(-c5cc(C(C)(C)C)cc(C(C)(C)C)c5)cc(c42)C32c3ccccc3N(c3ccccc3-c3ccccc3)c3ccccc32)cc(C(C)(C)C)c1. The summed E-state index contributed by atoms with van der Waals surface area (Å²) in [5.41, 5.74) is 37.5. The smallest absolute Gasteiger partial charge is 0.247 e. The van der Waals surface area contributed by atoms with Crippen molar-refractivity contribution in [3.05, 3.63) is 340 Å². The quantitative estimate of drug-likeness (QED) is 0.140. The lowest BCUT2D eigenvalue weighted by Crippen LogP contribution is -2.65. The minimum absolute atomic E-state index is 0.105. The van der Waals surface area contributed by atoms with Crippen molar-refractivity contribution in [2.75, 3.05) is 9.80 Å². The summed E-state index contributed by atoms with van der Waals surface area (Å²) in [6.45, 7) is 49.6. The van der Waals surface area contributed by atoms with Crippen LogP contribution in [0.4, 0.5) is 34.1 Å². The Morgan fingerprint density at radius 3 is 0.973 bits per heavy atom. The molecule has 0 saturated heterocycles. The monoisotopic (exact) mass is 1430 g/mol. The molecule has 0 amide bonds. The van der Waals surface area contributed by atoms with E-state index in [0.29, 0.717) is 0 Å². The lowest BCUT2D eigenvalue weighted by molar-refractivity contribution is 0.568. The average molecular weight is 1430 g/mol. The van der Waals surface area contributed by atoms with Gasteiger partial charge in [0.25, 0.3) is 0 Å². The standard InChI is InChI=1S/C107H109BN2/c1-100(2,3)77-53-73(54-78(63-77)101(4,5)6)71-49-51-87-92(60-71)108-91-52-50-72(74-55-79(102(7,8)9)64-80(56-74)103(10,11)12)61-96(91)110(99-85(69-39-27-23-28-40-69)66-83(106(19,20)21)67-86(99)70-41-29-24-30-42-70)97-62-76(75-57-81(104(13,14)15)65-82(58-75)105(16,17)18)59-90(98(97)108)107(87)88-44-32-35-47-94(88)109(95-48-36-33-45-89(95)107)93-46-34-31-43-84(93)68-37-25-22-26-38-68/h22-67H,1-21H3. The molecule has 0 aromatic heterocycles. The molecule has 0 radical (unpaired) electrons. The topological polar surface area (TPSA) is 6.48 Å². The third kappa shape index (κ3) is 12.8. The van der Waals surface area contributed by atoms with Crippen LogP contribution >= 0.6 is 0 Å². The molecule has 0 saturated carbocycles. The van der Waals surface area contributed by atoms with Crippen molar-refractivity contribution in [3.8, 4) is 66.8 Å². The molecule has 0 unspecified atom stereocenters. The molecule has 3 heteroatoms. The zero-order chi connectivity index (χ0) is 77.7. The molecule has 13 aromatic carbocycles. The molecule has 0 fully saturated rings. The van der Waals surface area contributed by atoms with Gasteiger partial charge in [0.05, 0.1) is 28.2 Å². The third-order valence-corrected chi connectivity index (χ3v) is 24.1. The molecular weight excluding hydrogens is 1320 g/mol. The maximum absolute atomic E-state index is 2.80. The minimum atomic E-state index is -0.922. The fourth-order valence-corrected chi connectivity index (χ4v) is 17.7. The van der Waals surface area contributed by atoms with Crippen molar-refractivity contribution in [1.82, 2.24) is 0 Å². The van der Waals surface area contributed by atoms with Crippen LogP contribution in [-0.4, -0.2) is 6.71 Å². The molecule has 0 bridgehead atoms. The van der Waals surface area contributed by atoms with Gasteiger partial charge in [-0.15, -0.1) is 0 Å². The zero-order valence-corrected chi connectivity index (χ0v) is 69.0. The van der Waals surface area contributed by atoms with Crippen LogP contribution in [-0.2, 0) is 43.3 Å². The van der Waals surface area contributed by atoms with Crippen molar-refractivity contribution >= 4 is 57.2 Å². The Kier molecular flexibility index (Phi) is 17.7. The van der Waals surface area contributed by atoms with Crippen LogP contribution in [0.15, 0.2) is 279 Å². The Bertz CT molecular complexity index is 5560. The van der Waals surface area contributed by atoms with Gasteiger partial charge in [0.2, 0.25) is 6.71 Å². The van der Waals surface area contributed by atoms with Crippen LogP contribution in [0.2, 0.25) is 0 Å². The Balaban J connectivity index is 1.15. The van der Waals surface area contributed by atoms with Gasteiger partial charge in [0.1, 0.15) is 0 Å². The molecule has 110 heavy (non-hydrogen) atoms. The van der Waals surface area contributed by atoms with Crippen molar-refractivity contribution in [3.63, 3.8) is 0 Å². The summed E-state index contributed by atoms with van der Waals surface area (Å²) in [7, 11) is 0. The first-order valence-corrected chi connectivity index (χ1v) is 40.2. The second kappa shape index (κ2) is 26.4. The van der Waals surface area contributed by atoms with E-state index in [0.717, 1.165) is 22.7 Å². The second-order valence-electron chi connectivity index (χ2n) is 39.1. The number of benzene rings is 13. The highest BCUT2D eigenvalue weighted by Gasteiger charge is 2.56. The Morgan fingerprint density at radius 2 is 0.545 bits per heavy atom. The summed E-state index contributed by atoms with van der Waals surface area (Å²) >= 11 is 0. The van der Waals surface area contributed by atoms with Gasteiger partial charge in [-0.1, -0.05) is 381 Å². The molecule has 16 rings (SSSR count). The lowest BCUT2D eigenvalue weighted by Gasteiger charge is -2.53. The van der Waals surface area contributed by atoms with Gasteiger partial charge in [0.15, 0.2) is 0 Å². The predicted molar refractivity (Wildman–Crippen MR) is 476 cm³/mol. The van der Waals surface area contributed by atoms with Crippen LogP contribution in [0.3, 0.4) is 0 Å². The summed E-state index contributed by atoms with van der Waals surface area (Å²) in [5.74, 6) is 0. The molecule has 0 atom stereocenters. The Hall–Kier alpha value is -10.5. The largest absolute Gasteiger partial charge is 0.310 e. The van der Waals surface area contributed by atoms with E-state index in [1.165, 1.54) is 156 Å². The van der Waals surface area contributed by atoms with E-state index in [1.807, 2.05) is 0 Å². The number of fused-ring (bicyclic) bond motifs is 10. The van der Waals surface area contributed by atoms with E-state index in [-0.39, 0.29) is 44.6 Å². The van der Waals surface area contributed by atoms with Crippen LogP contribution in [0.1, 0.15) is 207 Å². The highest BCUT2D eigenvalue weighted by Crippen LogP contribution is 2.62. The number of anilines is 6. The maximum Gasteiger partial charge on any atom is 0.247 e. The highest BCUT2D eigenvalue weighted by atomic mass is 15.2. The number of hydrogen-bond acceptors (Lipinski definition) is 2. The van der Waals surface area contributed by atoms with Crippen molar-refractivity contribution in [2.45, 2.75) is 189 Å². The van der Waals surface area contributed by atoms with Gasteiger partial charge in [-0.2, -0.15) is 0 Å². The fourth-order valence-electron chi connectivity index (χ4n) is 17.7. The molecule has 3 aliphatic rings. The average Bonchev–Trinajstić information content (AvgIpc) is 0.661. The molecule has 550 valence electrons. The van der Waals surface area contributed by atoms with Crippen molar-refractivity contribution in [2.24, 2.45) is 0 Å². The second-order valence-corrected chi connectivity index (χ2v) is 39.1. The van der Waals surface area contributed by atoms with Gasteiger partial charge in [-0.05, 0) is 209 Å². The van der Waals surface area contributed by atoms with E-state index in [9.17, 15) is 0 Å². The molecule has 3 heterocycles. The number of para-hydroxylation sites is 3. The number of hydrogen-bond donors (Lipinski definition) is 0. The number of rotatable bonds is 8. The first-order chi connectivity index (χ1) is 52.0.